The van der Waals surface area contributed by atoms with E-state index in [1.165, 1.54) is 22.5 Å². The van der Waals surface area contributed by atoms with Gasteiger partial charge in [0, 0.05) is 49.1 Å². The molecule has 1 amide bonds. The van der Waals surface area contributed by atoms with Gasteiger partial charge in [-0.15, -0.1) is 0 Å². The summed E-state index contributed by atoms with van der Waals surface area (Å²) in [6, 6.07) is 23.7. The third-order valence-corrected chi connectivity index (χ3v) is 8.27. The Morgan fingerprint density at radius 1 is 0.972 bits per heavy atom. The van der Waals surface area contributed by atoms with E-state index >= 15 is 0 Å². The zero-order valence-corrected chi connectivity index (χ0v) is 20.5. The summed E-state index contributed by atoms with van der Waals surface area (Å²) in [4.78, 5) is 14.8. The van der Waals surface area contributed by atoms with E-state index in [0.717, 1.165) is 17.3 Å². The van der Waals surface area contributed by atoms with E-state index in [9.17, 15) is 17.6 Å². The van der Waals surface area contributed by atoms with Gasteiger partial charge < -0.3 is 4.90 Å². The summed E-state index contributed by atoms with van der Waals surface area (Å²) < 4.78 is 43.9. The molecule has 0 atom stereocenters. The van der Waals surface area contributed by atoms with Crippen LogP contribution in [0.4, 0.5) is 10.1 Å². The largest absolute Gasteiger partial charge is 0.302 e. The zero-order valence-electron chi connectivity index (χ0n) is 19.7. The van der Waals surface area contributed by atoms with Gasteiger partial charge >= 0.3 is 0 Å². The van der Waals surface area contributed by atoms with Gasteiger partial charge in [0.05, 0.1) is 12.2 Å². The zero-order chi connectivity index (χ0) is 25.3. The number of sulfonamides is 1. The number of carbonyl (C=O) groups excluding carboxylic acids is 1. The lowest BCUT2D eigenvalue weighted by molar-refractivity contribution is 0.0984. The lowest BCUT2D eigenvalue weighted by Crippen LogP contribution is -2.37. The minimum Gasteiger partial charge on any atom is -0.302 e. The molecule has 0 N–H and O–H groups in total. The fraction of sp³-hybridized carbons (Fsp3) is 0.185. The molecule has 0 saturated carbocycles. The second-order valence-corrected chi connectivity index (χ2v) is 10.5. The molecule has 1 aromatic heterocycles. The van der Waals surface area contributed by atoms with Crippen LogP contribution in [0.2, 0.25) is 0 Å². The number of nitrogens with zero attached hydrogens (tertiary/aromatic N) is 4. The molecule has 0 bridgehead atoms. The summed E-state index contributed by atoms with van der Waals surface area (Å²) in [5.41, 5.74) is 3.50. The molecule has 0 spiro atoms. The Balaban J connectivity index is 1.50. The van der Waals surface area contributed by atoms with Crippen molar-refractivity contribution in [2.75, 3.05) is 11.4 Å². The topological polar surface area (TPSA) is 75.5 Å². The highest BCUT2D eigenvalue weighted by Gasteiger charge is 2.34. The van der Waals surface area contributed by atoms with Crippen molar-refractivity contribution < 1.29 is 17.6 Å². The molecule has 2 heterocycles. The number of fused-ring (bicyclic) bond motifs is 1. The number of aryl methyl sites for hydroxylation is 1. The highest BCUT2D eigenvalue weighted by molar-refractivity contribution is 7.89. The van der Waals surface area contributed by atoms with Crippen LogP contribution in [0.25, 0.3) is 0 Å². The Labute approximate surface area is 209 Å². The molecular weight excluding hydrogens is 479 g/mol. The van der Waals surface area contributed by atoms with Crippen LogP contribution in [-0.4, -0.2) is 35.0 Å². The molecule has 0 radical (unpaired) electrons. The van der Waals surface area contributed by atoms with Gasteiger partial charge in [-0.2, -0.15) is 9.40 Å². The predicted molar refractivity (Wildman–Crippen MR) is 134 cm³/mol. The smallest absolute Gasteiger partial charge is 0.258 e. The number of halogens is 1. The Morgan fingerprint density at radius 2 is 1.61 bits per heavy atom. The first-order valence-corrected chi connectivity index (χ1v) is 13.0. The lowest BCUT2D eigenvalue weighted by Gasteiger charge is -2.28. The Bertz CT molecular complexity index is 1500. The van der Waals surface area contributed by atoms with E-state index in [0.29, 0.717) is 23.4 Å². The molecule has 5 rings (SSSR count). The van der Waals surface area contributed by atoms with Gasteiger partial charge in [-0.3, -0.25) is 9.48 Å². The maximum absolute atomic E-state index is 14.4. The van der Waals surface area contributed by atoms with Crippen molar-refractivity contribution in [3.05, 3.63) is 113 Å². The van der Waals surface area contributed by atoms with Crippen LogP contribution in [0.1, 0.15) is 27.3 Å². The average molecular weight is 505 g/mol. The fourth-order valence-corrected chi connectivity index (χ4v) is 6.02. The first-order valence-electron chi connectivity index (χ1n) is 11.6. The average Bonchev–Trinajstić information content (AvgIpc) is 3.22. The van der Waals surface area contributed by atoms with Gasteiger partial charge in [0.2, 0.25) is 10.0 Å². The highest BCUT2D eigenvalue weighted by atomic mass is 32.2. The highest BCUT2D eigenvalue weighted by Crippen LogP contribution is 2.30. The summed E-state index contributed by atoms with van der Waals surface area (Å²) in [7, 11) is -2.23. The second kappa shape index (κ2) is 9.67. The Morgan fingerprint density at radius 3 is 2.31 bits per heavy atom. The first-order chi connectivity index (χ1) is 17.4. The van der Waals surface area contributed by atoms with Crippen LogP contribution in [-0.2, 0) is 36.6 Å². The van der Waals surface area contributed by atoms with Crippen molar-refractivity contribution >= 4 is 21.6 Å². The standard InChI is InChI=1S/C27H25FN4O3S/c1-30-25-16-17-31(36(34,35)26-15-9-8-14-23(26)28)18-22(25)24(29-30)19-32(21-12-6-3-7-13-21)27(33)20-10-4-2-5-11-20/h2-15H,16-19H2,1H3. The molecule has 4 aromatic rings. The van der Waals surface area contributed by atoms with E-state index in [1.807, 2.05) is 55.6 Å². The number of carbonyl (C=O) groups is 1. The van der Waals surface area contributed by atoms with Crippen LogP contribution in [0.3, 0.4) is 0 Å². The number of hydrogen-bond acceptors (Lipinski definition) is 4. The first kappa shape index (κ1) is 23.9. The van der Waals surface area contributed by atoms with Crippen molar-refractivity contribution in [1.82, 2.24) is 14.1 Å². The summed E-state index contributed by atoms with van der Waals surface area (Å²) in [6.07, 6.45) is 0.435. The minimum absolute atomic E-state index is 0.0529. The van der Waals surface area contributed by atoms with E-state index in [1.54, 1.807) is 21.7 Å². The maximum Gasteiger partial charge on any atom is 0.258 e. The Hall–Kier alpha value is -3.82. The van der Waals surface area contributed by atoms with E-state index in [-0.39, 0.29) is 30.4 Å². The molecule has 0 saturated heterocycles. The minimum atomic E-state index is -4.04. The number of para-hydroxylation sites is 1. The summed E-state index contributed by atoms with van der Waals surface area (Å²) in [6.45, 7) is 0.430. The van der Waals surface area contributed by atoms with Crippen molar-refractivity contribution in [3.63, 3.8) is 0 Å². The number of hydrogen-bond donors (Lipinski definition) is 0. The van der Waals surface area contributed by atoms with E-state index in [2.05, 4.69) is 5.10 Å². The van der Waals surface area contributed by atoms with Crippen molar-refractivity contribution in [2.45, 2.75) is 24.4 Å². The second-order valence-electron chi connectivity index (χ2n) is 8.61. The number of rotatable bonds is 6. The molecule has 9 heteroatoms. The fourth-order valence-electron chi connectivity index (χ4n) is 4.54. The molecule has 3 aromatic carbocycles. The van der Waals surface area contributed by atoms with Crippen molar-refractivity contribution in [2.24, 2.45) is 7.05 Å². The van der Waals surface area contributed by atoms with E-state index < -0.39 is 15.8 Å². The Kier molecular flexibility index (Phi) is 6.42. The molecule has 0 unspecified atom stereocenters. The molecule has 1 aliphatic rings. The number of aromatic nitrogens is 2. The molecule has 184 valence electrons. The van der Waals surface area contributed by atoms with Gasteiger partial charge in [0.25, 0.3) is 5.91 Å². The van der Waals surface area contributed by atoms with E-state index in [4.69, 9.17) is 0 Å². The number of amides is 1. The van der Waals surface area contributed by atoms with Crippen LogP contribution in [0.5, 0.6) is 0 Å². The summed E-state index contributed by atoms with van der Waals surface area (Å²) in [5.74, 6) is -0.966. The molecule has 7 nitrogen and oxygen atoms in total. The third kappa shape index (κ3) is 4.43. The summed E-state index contributed by atoms with van der Waals surface area (Å²) >= 11 is 0. The third-order valence-electron chi connectivity index (χ3n) is 6.39. The summed E-state index contributed by atoms with van der Waals surface area (Å²) in [5, 5.41) is 4.67. The molecule has 0 aliphatic carbocycles. The van der Waals surface area contributed by atoms with Crippen LogP contribution >= 0.6 is 0 Å². The van der Waals surface area contributed by atoms with Crippen molar-refractivity contribution in [1.29, 1.82) is 0 Å². The van der Waals surface area contributed by atoms with Crippen LogP contribution in [0.15, 0.2) is 89.8 Å². The van der Waals surface area contributed by atoms with Gasteiger partial charge in [-0.25, -0.2) is 12.8 Å². The van der Waals surface area contributed by atoms with Gasteiger partial charge in [0.15, 0.2) is 0 Å². The van der Waals surface area contributed by atoms with Crippen LogP contribution in [0, 0.1) is 5.82 Å². The van der Waals surface area contributed by atoms with Crippen LogP contribution < -0.4 is 4.90 Å². The molecule has 1 aliphatic heterocycles. The molecular formula is C27H25FN4O3S. The molecule has 36 heavy (non-hydrogen) atoms. The number of anilines is 1. The maximum atomic E-state index is 14.4. The normalized spacial score (nSPS) is 13.8. The van der Waals surface area contributed by atoms with Gasteiger partial charge in [-0.05, 0) is 36.4 Å². The van der Waals surface area contributed by atoms with Gasteiger partial charge in [0.1, 0.15) is 10.7 Å². The SMILES string of the molecule is Cn1nc(CN(C(=O)c2ccccc2)c2ccccc2)c2c1CCN(S(=O)(=O)c1ccccc1F)C2. The monoisotopic (exact) mass is 504 g/mol. The molecule has 0 fully saturated rings. The quantitative estimate of drug-likeness (QED) is 0.395. The number of benzene rings is 3. The van der Waals surface area contributed by atoms with Gasteiger partial charge in [-0.1, -0.05) is 48.5 Å². The predicted octanol–water partition coefficient (Wildman–Crippen LogP) is 4.15. The lowest BCUT2D eigenvalue weighted by atomic mass is 10.1. The van der Waals surface area contributed by atoms with Crippen molar-refractivity contribution in [3.8, 4) is 0 Å².